The summed E-state index contributed by atoms with van der Waals surface area (Å²) in [6.07, 6.45) is 4.59. The number of benzene rings is 1. The quantitative estimate of drug-likeness (QED) is 0.349. The molecule has 11 nitrogen and oxygen atoms in total. The summed E-state index contributed by atoms with van der Waals surface area (Å²) in [4.78, 5) is 22.8. The number of hydrogen-bond acceptors (Lipinski definition) is 8. The number of aromatic nitrogens is 4. The van der Waals surface area contributed by atoms with Crippen LogP contribution in [0.3, 0.4) is 0 Å². The zero-order valence-corrected chi connectivity index (χ0v) is 21.0. The van der Waals surface area contributed by atoms with Crippen LogP contribution < -0.4 is 15.0 Å². The van der Waals surface area contributed by atoms with E-state index in [9.17, 15) is 22.2 Å². The van der Waals surface area contributed by atoms with Gasteiger partial charge in [-0.25, -0.2) is 23.3 Å². The van der Waals surface area contributed by atoms with Crippen molar-refractivity contribution < 1.29 is 31.3 Å². The number of ether oxygens (including phenoxy) is 1. The highest BCUT2D eigenvalue weighted by Gasteiger charge is 2.33. The van der Waals surface area contributed by atoms with Gasteiger partial charge in [0.1, 0.15) is 11.4 Å². The summed E-state index contributed by atoms with van der Waals surface area (Å²) in [5.41, 5.74) is 1.20. The van der Waals surface area contributed by atoms with Gasteiger partial charge in [-0.15, -0.1) is 0 Å². The zero-order valence-electron chi connectivity index (χ0n) is 20.2. The van der Waals surface area contributed by atoms with E-state index >= 15 is 4.39 Å². The fourth-order valence-electron chi connectivity index (χ4n) is 4.52. The van der Waals surface area contributed by atoms with E-state index in [-0.39, 0.29) is 33.5 Å². The molecule has 1 fully saturated rings. The lowest BCUT2D eigenvalue weighted by molar-refractivity contribution is 0.102. The van der Waals surface area contributed by atoms with Crippen LogP contribution in [0.15, 0.2) is 47.8 Å². The number of pyridine rings is 1. The summed E-state index contributed by atoms with van der Waals surface area (Å²) >= 11 is 0. The monoisotopic (exact) mass is 544 g/mol. The van der Waals surface area contributed by atoms with Crippen molar-refractivity contribution in [1.82, 2.24) is 19.6 Å². The molecule has 1 saturated heterocycles. The zero-order chi connectivity index (χ0) is 27.2. The number of aryl methyl sites for hydroxylation is 1. The third-order valence-corrected chi connectivity index (χ3v) is 7.20. The first kappa shape index (κ1) is 25.5. The van der Waals surface area contributed by atoms with Crippen LogP contribution in [0.5, 0.6) is 5.88 Å². The molecular weight excluding hydrogens is 522 g/mol. The van der Waals surface area contributed by atoms with Gasteiger partial charge in [0.25, 0.3) is 16.0 Å². The Hall–Kier alpha value is -4.17. The van der Waals surface area contributed by atoms with Crippen molar-refractivity contribution in [2.75, 3.05) is 23.9 Å². The van der Waals surface area contributed by atoms with Crippen LogP contribution in [-0.4, -0.2) is 52.1 Å². The molecule has 0 radical (unpaired) electrons. The van der Waals surface area contributed by atoms with Gasteiger partial charge < -0.3 is 15.0 Å². The summed E-state index contributed by atoms with van der Waals surface area (Å²) in [6, 6.07) is 4.60. The molecule has 0 spiro atoms. The molecule has 1 amide bonds. The Morgan fingerprint density at radius 1 is 1.24 bits per heavy atom. The fourth-order valence-corrected chi connectivity index (χ4v) is 5.03. The number of amides is 1. The number of hydrogen-bond donors (Lipinski definition) is 2. The lowest BCUT2D eigenvalue weighted by Crippen LogP contribution is -2.26. The van der Waals surface area contributed by atoms with Crippen LogP contribution in [0.25, 0.3) is 5.65 Å². The molecule has 198 valence electrons. The first-order valence-corrected chi connectivity index (χ1v) is 12.9. The maximum Gasteiger partial charge on any atom is 0.294 e. The first-order valence-electron chi connectivity index (χ1n) is 11.5. The standard InChI is InChI=1S/C24H22F2N6O5S/c1-13-5-6-15(38(34,35)36)9-19(13)29-23(33)17-11-28-32-12-18(26)22(30-21(17)32)31-7-3-4-20(31)16-8-14(25)10-27-24(16)37-2/h5-6,8-12,20H,3-4,7H2,1-2H3,(H,29,33)(H,34,35,36)/t20-/m1/s1. The summed E-state index contributed by atoms with van der Waals surface area (Å²) in [6.45, 7) is 2.07. The van der Waals surface area contributed by atoms with Gasteiger partial charge in [-0.3, -0.25) is 9.35 Å². The molecule has 1 aliphatic rings. The van der Waals surface area contributed by atoms with Gasteiger partial charge in [0.15, 0.2) is 17.3 Å². The van der Waals surface area contributed by atoms with Crippen LogP contribution in [0, 0.1) is 18.6 Å². The second-order valence-corrected chi connectivity index (χ2v) is 10.2. The first-order chi connectivity index (χ1) is 18.1. The van der Waals surface area contributed by atoms with E-state index in [0.717, 1.165) is 23.0 Å². The van der Waals surface area contributed by atoms with E-state index < -0.39 is 33.7 Å². The molecule has 1 atom stereocenters. The van der Waals surface area contributed by atoms with E-state index in [1.165, 1.54) is 31.5 Å². The predicted molar refractivity (Wildman–Crippen MR) is 132 cm³/mol. The van der Waals surface area contributed by atoms with Crippen LogP contribution in [0.2, 0.25) is 0 Å². The van der Waals surface area contributed by atoms with Crippen molar-refractivity contribution in [3.8, 4) is 5.88 Å². The van der Waals surface area contributed by atoms with Gasteiger partial charge in [-0.2, -0.15) is 13.5 Å². The minimum atomic E-state index is -4.49. The molecule has 4 heterocycles. The average Bonchev–Trinajstić information content (AvgIpc) is 3.51. The van der Waals surface area contributed by atoms with Crippen LogP contribution >= 0.6 is 0 Å². The number of methoxy groups -OCH3 is 1. The number of carbonyl (C=O) groups excluding carboxylic acids is 1. The maximum absolute atomic E-state index is 15.2. The fraction of sp³-hybridized carbons (Fsp3) is 0.250. The van der Waals surface area contributed by atoms with E-state index in [2.05, 4.69) is 20.4 Å². The van der Waals surface area contributed by atoms with E-state index in [1.807, 2.05) is 0 Å². The summed E-state index contributed by atoms with van der Waals surface area (Å²) in [5.74, 6) is -1.75. The van der Waals surface area contributed by atoms with Gasteiger partial charge in [0, 0.05) is 17.8 Å². The van der Waals surface area contributed by atoms with Crippen molar-refractivity contribution in [2.45, 2.75) is 30.7 Å². The molecule has 0 aliphatic carbocycles. The maximum atomic E-state index is 15.2. The number of fused-ring (bicyclic) bond motifs is 1. The number of rotatable bonds is 6. The van der Waals surface area contributed by atoms with Gasteiger partial charge in [0.2, 0.25) is 5.88 Å². The molecule has 38 heavy (non-hydrogen) atoms. The lowest BCUT2D eigenvalue weighted by Gasteiger charge is -2.27. The lowest BCUT2D eigenvalue weighted by atomic mass is 10.1. The highest BCUT2D eigenvalue weighted by atomic mass is 32.2. The minimum Gasteiger partial charge on any atom is -0.481 e. The molecule has 5 rings (SSSR count). The number of nitrogens with one attached hydrogen (secondary N) is 1. The van der Waals surface area contributed by atoms with E-state index in [1.54, 1.807) is 11.8 Å². The number of carbonyl (C=O) groups is 1. The Labute approximate surface area is 215 Å². The molecule has 2 N–H and O–H groups in total. The largest absolute Gasteiger partial charge is 0.481 e. The molecule has 0 saturated carbocycles. The molecule has 3 aromatic heterocycles. The summed E-state index contributed by atoms with van der Waals surface area (Å²) < 4.78 is 68.0. The Morgan fingerprint density at radius 3 is 2.76 bits per heavy atom. The SMILES string of the molecule is COc1ncc(F)cc1[C@H]1CCCN1c1nc2c(C(=O)Nc3cc(S(=O)(=O)O)ccc3C)cnn2cc1F. The van der Waals surface area contributed by atoms with E-state index in [0.29, 0.717) is 30.5 Å². The van der Waals surface area contributed by atoms with Gasteiger partial charge in [-0.1, -0.05) is 6.07 Å². The second kappa shape index (κ2) is 9.61. The molecule has 0 unspecified atom stereocenters. The third kappa shape index (κ3) is 4.63. The number of nitrogens with zero attached hydrogens (tertiary/aromatic N) is 5. The smallest absolute Gasteiger partial charge is 0.294 e. The van der Waals surface area contributed by atoms with Crippen molar-refractivity contribution in [1.29, 1.82) is 0 Å². The van der Waals surface area contributed by atoms with Crippen molar-refractivity contribution >= 4 is 33.2 Å². The molecular formula is C24H22F2N6O5S. The summed E-state index contributed by atoms with van der Waals surface area (Å²) in [5, 5.41) is 6.62. The van der Waals surface area contributed by atoms with Gasteiger partial charge in [-0.05, 0) is 43.5 Å². The Balaban J connectivity index is 1.52. The highest BCUT2D eigenvalue weighted by Crippen LogP contribution is 2.39. The van der Waals surface area contributed by atoms with Crippen LogP contribution in [0.4, 0.5) is 20.3 Å². The van der Waals surface area contributed by atoms with Crippen molar-refractivity contribution in [3.63, 3.8) is 0 Å². The van der Waals surface area contributed by atoms with Crippen molar-refractivity contribution in [2.24, 2.45) is 0 Å². The average molecular weight is 545 g/mol. The van der Waals surface area contributed by atoms with Crippen LogP contribution in [-0.2, 0) is 10.1 Å². The van der Waals surface area contributed by atoms with Gasteiger partial charge in [0.05, 0.1) is 36.6 Å². The number of anilines is 2. The van der Waals surface area contributed by atoms with Gasteiger partial charge >= 0.3 is 0 Å². The minimum absolute atomic E-state index is 0.00339. The Bertz CT molecular complexity index is 1680. The Kier molecular flexibility index (Phi) is 6.44. The molecule has 1 aromatic carbocycles. The summed E-state index contributed by atoms with van der Waals surface area (Å²) in [7, 11) is -3.07. The third-order valence-electron chi connectivity index (χ3n) is 6.35. The van der Waals surface area contributed by atoms with Crippen LogP contribution in [0.1, 0.15) is 40.4 Å². The highest BCUT2D eigenvalue weighted by molar-refractivity contribution is 7.85. The molecule has 0 bridgehead atoms. The second-order valence-electron chi connectivity index (χ2n) is 8.75. The van der Waals surface area contributed by atoms with Crippen molar-refractivity contribution in [3.05, 3.63) is 71.2 Å². The normalized spacial score (nSPS) is 15.7. The number of halogens is 2. The molecule has 1 aliphatic heterocycles. The Morgan fingerprint density at radius 2 is 2.03 bits per heavy atom. The molecule has 14 heteroatoms. The molecule has 4 aromatic rings. The predicted octanol–water partition coefficient (Wildman–Crippen LogP) is 3.56. The van der Waals surface area contributed by atoms with E-state index in [4.69, 9.17) is 4.74 Å². The topological polar surface area (TPSA) is 139 Å².